The van der Waals surface area contributed by atoms with Crippen LogP contribution in [0, 0.1) is 6.92 Å². The molecular formula is C26H28N4O2. The number of aromatic amines is 1. The summed E-state index contributed by atoms with van der Waals surface area (Å²) in [4.78, 5) is 21.0. The van der Waals surface area contributed by atoms with E-state index in [0.717, 1.165) is 33.7 Å². The summed E-state index contributed by atoms with van der Waals surface area (Å²) in [5.74, 6) is 1.52. The van der Waals surface area contributed by atoms with Gasteiger partial charge < -0.3 is 20.4 Å². The van der Waals surface area contributed by atoms with Crippen molar-refractivity contribution in [2.75, 3.05) is 7.11 Å². The fourth-order valence-electron chi connectivity index (χ4n) is 3.69. The number of imidazole rings is 1. The Kier molecular flexibility index (Phi) is 6.40. The van der Waals surface area contributed by atoms with Crippen LogP contribution < -0.4 is 15.4 Å². The molecule has 0 aliphatic rings. The van der Waals surface area contributed by atoms with Crippen LogP contribution in [0.4, 0.5) is 4.79 Å². The molecule has 0 bridgehead atoms. The summed E-state index contributed by atoms with van der Waals surface area (Å²) < 4.78 is 5.26. The van der Waals surface area contributed by atoms with Gasteiger partial charge in [-0.15, -0.1) is 0 Å². The van der Waals surface area contributed by atoms with Crippen molar-refractivity contribution in [3.63, 3.8) is 0 Å². The van der Waals surface area contributed by atoms with Crippen LogP contribution in [-0.4, -0.2) is 23.1 Å². The SMILES string of the molecule is COc1ccc(C[C@@H](NC(=O)N[C@H](C)c2ccc(C)cc2)c2nc3ccccc3[nH]2)cc1. The number of para-hydroxylation sites is 2. The molecule has 2 atom stereocenters. The molecule has 164 valence electrons. The molecule has 0 aliphatic carbocycles. The van der Waals surface area contributed by atoms with Gasteiger partial charge in [-0.05, 0) is 55.7 Å². The molecule has 0 aliphatic heterocycles. The number of aryl methyl sites for hydroxylation is 1. The number of aromatic nitrogens is 2. The lowest BCUT2D eigenvalue weighted by molar-refractivity contribution is 0.233. The third-order valence-electron chi connectivity index (χ3n) is 5.57. The zero-order valence-electron chi connectivity index (χ0n) is 18.6. The van der Waals surface area contributed by atoms with E-state index in [1.165, 1.54) is 5.56 Å². The number of methoxy groups -OCH3 is 1. The number of rotatable bonds is 7. The molecule has 6 heteroatoms. The number of nitrogens with zero attached hydrogens (tertiary/aromatic N) is 1. The Morgan fingerprint density at radius 2 is 1.72 bits per heavy atom. The van der Waals surface area contributed by atoms with Crippen molar-refractivity contribution in [3.8, 4) is 5.75 Å². The van der Waals surface area contributed by atoms with Gasteiger partial charge >= 0.3 is 6.03 Å². The second-order valence-corrected chi connectivity index (χ2v) is 7.99. The van der Waals surface area contributed by atoms with Crippen LogP contribution in [0.2, 0.25) is 0 Å². The van der Waals surface area contributed by atoms with Crippen LogP contribution in [0.3, 0.4) is 0 Å². The van der Waals surface area contributed by atoms with Gasteiger partial charge in [-0.1, -0.05) is 54.1 Å². The maximum Gasteiger partial charge on any atom is 0.315 e. The summed E-state index contributed by atoms with van der Waals surface area (Å²) in [7, 11) is 1.65. The number of ether oxygens (including phenoxy) is 1. The highest BCUT2D eigenvalue weighted by atomic mass is 16.5. The Labute approximate surface area is 188 Å². The van der Waals surface area contributed by atoms with Gasteiger partial charge in [0, 0.05) is 0 Å². The largest absolute Gasteiger partial charge is 0.497 e. The average Bonchev–Trinajstić information content (AvgIpc) is 3.24. The van der Waals surface area contributed by atoms with E-state index in [1.807, 2.05) is 86.6 Å². The average molecular weight is 429 g/mol. The maximum absolute atomic E-state index is 12.9. The van der Waals surface area contributed by atoms with E-state index in [9.17, 15) is 4.79 Å². The van der Waals surface area contributed by atoms with Gasteiger partial charge in [-0.2, -0.15) is 0 Å². The minimum absolute atomic E-state index is 0.118. The summed E-state index contributed by atoms with van der Waals surface area (Å²) in [6.45, 7) is 4.02. The summed E-state index contributed by atoms with van der Waals surface area (Å²) in [5, 5.41) is 6.15. The summed E-state index contributed by atoms with van der Waals surface area (Å²) in [6.07, 6.45) is 0.593. The van der Waals surface area contributed by atoms with Gasteiger partial charge in [-0.3, -0.25) is 0 Å². The molecular weight excluding hydrogens is 400 g/mol. The minimum Gasteiger partial charge on any atom is -0.497 e. The Hall–Kier alpha value is -3.80. The lowest BCUT2D eigenvalue weighted by atomic mass is 10.0. The van der Waals surface area contributed by atoms with E-state index in [2.05, 4.69) is 15.6 Å². The molecule has 0 unspecified atom stereocenters. The number of fused-ring (bicyclic) bond motifs is 1. The van der Waals surface area contributed by atoms with Gasteiger partial charge in [0.05, 0.1) is 30.2 Å². The molecule has 4 aromatic rings. The Balaban J connectivity index is 1.53. The summed E-state index contributed by atoms with van der Waals surface area (Å²) >= 11 is 0. The van der Waals surface area contributed by atoms with Crippen LogP contribution in [0.15, 0.2) is 72.8 Å². The molecule has 32 heavy (non-hydrogen) atoms. The second-order valence-electron chi connectivity index (χ2n) is 7.99. The number of hydrogen-bond donors (Lipinski definition) is 3. The van der Waals surface area contributed by atoms with Crippen LogP contribution in [-0.2, 0) is 6.42 Å². The molecule has 3 N–H and O–H groups in total. The lowest BCUT2D eigenvalue weighted by Gasteiger charge is -2.20. The van der Waals surface area contributed by atoms with Gasteiger partial charge in [0.1, 0.15) is 11.6 Å². The van der Waals surface area contributed by atoms with E-state index < -0.39 is 0 Å². The third kappa shape index (κ3) is 5.09. The Morgan fingerprint density at radius 3 is 2.41 bits per heavy atom. The topological polar surface area (TPSA) is 79.0 Å². The molecule has 0 radical (unpaired) electrons. The predicted molar refractivity (Wildman–Crippen MR) is 127 cm³/mol. The van der Waals surface area contributed by atoms with E-state index in [-0.39, 0.29) is 18.1 Å². The van der Waals surface area contributed by atoms with Crippen molar-refractivity contribution in [1.29, 1.82) is 0 Å². The molecule has 1 aromatic heterocycles. The molecule has 2 amide bonds. The molecule has 0 saturated heterocycles. The number of carbonyl (C=O) groups excluding carboxylic acids is 1. The molecule has 0 fully saturated rings. The zero-order valence-corrected chi connectivity index (χ0v) is 18.6. The maximum atomic E-state index is 12.9. The van der Waals surface area contributed by atoms with E-state index in [1.54, 1.807) is 7.11 Å². The highest BCUT2D eigenvalue weighted by Crippen LogP contribution is 2.22. The standard InChI is InChI=1S/C26H28N4O2/c1-17-8-12-20(13-9-17)18(2)27-26(31)30-24(16-19-10-14-21(32-3)15-11-19)25-28-22-6-4-5-7-23(22)29-25/h4-15,18,24H,16H2,1-3H3,(H,28,29)(H2,27,30,31)/t18-,24-/m1/s1. The lowest BCUT2D eigenvalue weighted by Crippen LogP contribution is -2.40. The van der Waals surface area contributed by atoms with Crippen LogP contribution in [0.25, 0.3) is 11.0 Å². The molecule has 4 rings (SSSR count). The monoisotopic (exact) mass is 428 g/mol. The molecule has 3 aromatic carbocycles. The third-order valence-corrected chi connectivity index (χ3v) is 5.57. The molecule has 1 heterocycles. The van der Waals surface area contributed by atoms with Crippen LogP contribution >= 0.6 is 0 Å². The van der Waals surface area contributed by atoms with E-state index in [0.29, 0.717) is 6.42 Å². The smallest absolute Gasteiger partial charge is 0.315 e. The normalized spacial score (nSPS) is 12.8. The number of carbonyl (C=O) groups is 1. The number of hydrogen-bond acceptors (Lipinski definition) is 3. The van der Waals surface area contributed by atoms with Crippen molar-refractivity contribution in [2.24, 2.45) is 0 Å². The first-order valence-electron chi connectivity index (χ1n) is 10.7. The van der Waals surface area contributed by atoms with Gasteiger partial charge in [0.2, 0.25) is 0 Å². The number of amides is 2. The predicted octanol–water partition coefficient (Wildman–Crippen LogP) is 5.22. The fourth-order valence-corrected chi connectivity index (χ4v) is 3.69. The second kappa shape index (κ2) is 9.56. The molecule has 0 spiro atoms. The minimum atomic E-state index is -0.319. The summed E-state index contributed by atoms with van der Waals surface area (Å²) in [6, 6.07) is 23.2. The number of H-pyrrole nitrogens is 1. The van der Waals surface area contributed by atoms with Crippen molar-refractivity contribution < 1.29 is 9.53 Å². The number of urea groups is 1. The van der Waals surface area contributed by atoms with Gasteiger partial charge in [-0.25, -0.2) is 9.78 Å². The highest BCUT2D eigenvalue weighted by Gasteiger charge is 2.20. The Morgan fingerprint density at radius 1 is 1.00 bits per heavy atom. The fraction of sp³-hybridized carbons (Fsp3) is 0.231. The first-order chi connectivity index (χ1) is 15.5. The van der Waals surface area contributed by atoms with E-state index in [4.69, 9.17) is 9.72 Å². The Bertz CT molecular complexity index is 1150. The van der Waals surface area contributed by atoms with E-state index >= 15 is 0 Å². The van der Waals surface area contributed by atoms with Crippen LogP contribution in [0.5, 0.6) is 5.75 Å². The van der Waals surface area contributed by atoms with Crippen molar-refractivity contribution in [1.82, 2.24) is 20.6 Å². The molecule has 0 saturated carbocycles. The quantitative estimate of drug-likeness (QED) is 0.377. The van der Waals surface area contributed by atoms with Gasteiger partial charge in [0.25, 0.3) is 0 Å². The zero-order chi connectivity index (χ0) is 22.5. The molecule has 6 nitrogen and oxygen atoms in total. The van der Waals surface area contributed by atoms with Crippen LogP contribution in [0.1, 0.15) is 41.5 Å². The van der Waals surface area contributed by atoms with Crippen molar-refractivity contribution in [3.05, 3.63) is 95.3 Å². The number of nitrogens with one attached hydrogen (secondary N) is 3. The highest BCUT2D eigenvalue weighted by molar-refractivity contribution is 5.76. The first kappa shape index (κ1) is 21.4. The van der Waals surface area contributed by atoms with Crippen molar-refractivity contribution >= 4 is 17.1 Å². The van der Waals surface area contributed by atoms with Gasteiger partial charge in [0.15, 0.2) is 0 Å². The summed E-state index contributed by atoms with van der Waals surface area (Å²) in [5.41, 5.74) is 5.13. The number of benzene rings is 3. The first-order valence-corrected chi connectivity index (χ1v) is 10.7. The van der Waals surface area contributed by atoms with Crippen molar-refractivity contribution in [2.45, 2.75) is 32.4 Å².